The number of carbonyl (C=O) groups excluding carboxylic acids is 1. The monoisotopic (exact) mass is 137 g/mol. The molecule has 1 aliphatic rings. The van der Waals surface area contributed by atoms with Gasteiger partial charge in [-0.25, -0.2) is 4.79 Å². The van der Waals surface area contributed by atoms with E-state index in [4.69, 9.17) is 0 Å². The van der Waals surface area contributed by atoms with Crippen molar-refractivity contribution in [2.24, 2.45) is 0 Å². The van der Waals surface area contributed by atoms with Crippen LogP contribution in [0.2, 0.25) is 0 Å². The maximum atomic E-state index is 10.7. The fraction of sp³-hybridized carbons (Fsp3) is 0.143. The zero-order valence-electron chi connectivity index (χ0n) is 5.55. The van der Waals surface area contributed by atoms with Gasteiger partial charge in [-0.05, 0) is 12.2 Å². The van der Waals surface area contributed by atoms with Gasteiger partial charge in [0, 0.05) is 6.20 Å². The molecule has 1 aliphatic heterocycles. The molecule has 0 saturated carbocycles. The predicted molar refractivity (Wildman–Crippen MR) is 35.9 cm³/mol. The second kappa shape index (κ2) is 2.90. The Bertz CT molecular complexity index is 234. The highest BCUT2D eigenvalue weighted by atomic mass is 16.5. The van der Waals surface area contributed by atoms with Crippen LogP contribution in [0.5, 0.6) is 0 Å². The van der Waals surface area contributed by atoms with Crippen molar-refractivity contribution in [2.75, 3.05) is 7.11 Å². The Hall–Kier alpha value is -1.47. The number of esters is 1. The second-order valence-electron chi connectivity index (χ2n) is 1.69. The molecule has 0 aromatic heterocycles. The maximum absolute atomic E-state index is 10.7. The summed E-state index contributed by atoms with van der Waals surface area (Å²) in [5.74, 6) is -0.367. The Labute approximate surface area is 58.7 Å². The number of ether oxygens (including phenoxy) is 1. The van der Waals surface area contributed by atoms with Gasteiger partial charge in [-0.15, -0.1) is 5.73 Å². The van der Waals surface area contributed by atoms with E-state index in [1.165, 1.54) is 7.11 Å². The van der Waals surface area contributed by atoms with Gasteiger partial charge in [-0.1, -0.05) is 0 Å². The van der Waals surface area contributed by atoms with Crippen LogP contribution < -0.4 is 5.32 Å². The lowest BCUT2D eigenvalue weighted by Crippen LogP contribution is -2.17. The number of allylic oxidation sites excluding steroid dienone is 2. The fourth-order valence-electron chi connectivity index (χ4n) is 0.584. The van der Waals surface area contributed by atoms with Gasteiger partial charge in [0.05, 0.1) is 7.11 Å². The molecule has 3 heteroatoms. The van der Waals surface area contributed by atoms with Crippen molar-refractivity contribution >= 4 is 5.97 Å². The van der Waals surface area contributed by atoms with Gasteiger partial charge >= 0.3 is 5.97 Å². The molecule has 0 aromatic carbocycles. The normalized spacial score (nSPS) is 13.9. The van der Waals surface area contributed by atoms with Gasteiger partial charge in [-0.2, -0.15) is 0 Å². The average molecular weight is 137 g/mol. The number of carbonyl (C=O) groups is 1. The van der Waals surface area contributed by atoms with E-state index >= 15 is 0 Å². The van der Waals surface area contributed by atoms with Crippen molar-refractivity contribution in [3.63, 3.8) is 0 Å². The zero-order chi connectivity index (χ0) is 7.40. The summed E-state index contributed by atoms with van der Waals surface area (Å²) in [6, 6.07) is 0. The lowest BCUT2D eigenvalue weighted by molar-refractivity contribution is -0.136. The van der Waals surface area contributed by atoms with Crippen LogP contribution in [-0.2, 0) is 9.53 Å². The molecule has 0 spiro atoms. The van der Waals surface area contributed by atoms with Gasteiger partial charge in [-0.3, -0.25) is 0 Å². The summed E-state index contributed by atoms with van der Waals surface area (Å²) in [6.07, 6.45) is 4.79. The Balaban J connectivity index is 2.68. The molecule has 0 unspecified atom stereocenters. The Morgan fingerprint density at radius 2 is 2.60 bits per heavy atom. The number of hydrogen-bond acceptors (Lipinski definition) is 3. The molecular weight excluding hydrogens is 130 g/mol. The zero-order valence-corrected chi connectivity index (χ0v) is 5.55. The smallest absolute Gasteiger partial charge is 0.354 e. The van der Waals surface area contributed by atoms with Gasteiger partial charge in [0.2, 0.25) is 0 Å². The van der Waals surface area contributed by atoms with Crippen LogP contribution in [0.3, 0.4) is 0 Å². The van der Waals surface area contributed by atoms with Crippen molar-refractivity contribution in [3.8, 4) is 0 Å². The number of hydrogen-bond donors (Lipinski definition) is 1. The van der Waals surface area contributed by atoms with E-state index in [-0.39, 0.29) is 5.97 Å². The summed E-state index contributed by atoms with van der Waals surface area (Å²) < 4.78 is 4.45. The molecule has 1 N–H and O–H groups in total. The molecule has 0 fully saturated rings. The summed E-state index contributed by atoms with van der Waals surface area (Å²) in [5.41, 5.74) is 3.18. The van der Waals surface area contributed by atoms with Crippen LogP contribution in [0.25, 0.3) is 0 Å². The van der Waals surface area contributed by atoms with Crippen LogP contribution in [0, 0.1) is 0 Å². The van der Waals surface area contributed by atoms with Crippen LogP contribution in [-0.4, -0.2) is 13.1 Å². The van der Waals surface area contributed by atoms with Crippen molar-refractivity contribution < 1.29 is 9.53 Å². The number of nitrogens with one attached hydrogen (secondary N) is 1. The highest BCUT2D eigenvalue weighted by Crippen LogP contribution is 1.95. The summed E-state index contributed by atoms with van der Waals surface area (Å²) in [5, 5.41) is 2.69. The van der Waals surface area contributed by atoms with Crippen molar-refractivity contribution in [2.45, 2.75) is 0 Å². The lowest BCUT2D eigenvalue weighted by Gasteiger charge is -2.03. The third kappa shape index (κ3) is 1.27. The SMILES string of the molecule is COC(=O)C1=CC=C=CN1. The maximum Gasteiger partial charge on any atom is 0.354 e. The van der Waals surface area contributed by atoms with Gasteiger partial charge < -0.3 is 10.1 Å². The van der Waals surface area contributed by atoms with Gasteiger partial charge in [0.15, 0.2) is 0 Å². The predicted octanol–water partition coefficient (Wildman–Crippen LogP) is 0.315. The van der Waals surface area contributed by atoms with E-state index < -0.39 is 0 Å². The van der Waals surface area contributed by atoms with Crippen LogP contribution in [0.4, 0.5) is 0 Å². The molecule has 52 valence electrons. The second-order valence-corrected chi connectivity index (χ2v) is 1.69. The largest absolute Gasteiger partial charge is 0.464 e. The Kier molecular flexibility index (Phi) is 1.92. The first kappa shape index (κ1) is 6.65. The highest BCUT2D eigenvalue weighted by molar-refractivity contribution is 5.88. The molecule has 0 atom stereocenters. The standard InChI is InChI=1S/C7H7NO2/c1-10-7(9)6-4-2-3-5-8-6/h2,4-5,8H,1H3. The summed E-state index contributed by atoms with van der Waals surface area (Å²) in [7, 11) is 1.34. The van der Waals surface area contributed by atoms with E-state index in [2.05, 4.69) is 15.8 Å². The molecule has 0 amide bonds. The molecule has 10 heavy (non-hydrogen) atoms. The number of rotatable bonds is 1. The molecule has 1 rings (SSSR count). The fourth-order valence-corrected chi connectivity index (χ4v) is 0.584. The van der Waals surface area contributed by atoms with Gasteiger partial charge in [0.25, 0.3) is 0 Å². The summed E-state index contributed by atoms with van der Waals surface area (Å²) in [6.45, 7) is 0. The van der Waals surface area contributed by atoms with Crippen LogP contribution in [0.15, 0.2) is 29.8 Å². The highest BCUT2D eigenvalue weighted by Gasteiger charge is 2.06. The first-order valence-electron chi connectivity index (χ1n) is 2.80. The van der Waals surface area contributed by atoms with E-state index in [1.54, 1.807) is 18.4 Å². The molecule has 0 aliphatic carbocycles. The van der Waals surface area contributed by atoms with E-state index in [9.17, 15) is 4.79 Å². The van der Waals surface area contributed by atoms with Gasteiger partial charge in [0.1, 0.15) is 5.70 Å². The van der Waals surface area contributed by atoms with Crippen molar-refractivity contribution in [3.05, 3.63) is 29.8 Å². The molecular formula is C7H7NO2. The minimum absolute atomic E-state index is 0.367. The molecule has 0 bridgehead atoms. The minimum atomic E-state index is -0.367. The summed E-state index contributed by atoms with van der Waals surface area (Å²) >= 11 is 0. The molecule has 0 aromatic rings. The summed E-state index contributed by atoms with van der Waals surface area (Å²) in [4.78, 5) is 10.7. The van der Waals surface area contributed by atoms with Crippen LogP contribution >= 0.6 is 0 Å². The Morgan fingerprint density at radius 1 is 1.80 bits per heavy atom. The third-order valence-corrected chi connectivity index (χ3v) is 1.06. The van der Waals surface area contributed by atoms with Crippen molar-refractivity contribution in [1.29, 1.82) is 0 Å². The van der Waals surface area contributed by atoms with E-state index in [0.29, 0.717) is 5.70 Å². The number of methoxy groups -OCH3 is 1. The van der Waals surface area contributed by atoms with Crippen LogP contribution in [0.1, 0.15) is 0 Å². The average Bonchev–Trinajstić information content (AvgIpc) is 2.05. The lowest BCUT2D eigenvalue weighted by atomic mass is 10.3. The topological polar surface area (TPSA) is 38.3 Å². The quantitative estimate of drug-likeness (QED) is 0.417. The minimum Gasteiger partial charge on any atom is -0.464 e. The molecule has 3 nitrogen and oxygen atoms in total. The Morgan fingerprint density at radius 3 is 3.10 bits per heavy atom. The van der Waals surface area contributed by atoms with E-state index in [1.807, 2.05) is 0 Å². The third-order valence-electron chi connectivity index (χ3n) is 1.06. The van der Waals surface area contributed by atoms with E-state index in [0.717, 1.165) is 0 Å². The first-order chi connectivity index (χ1) is 4.84. The molecule has 0 saturated heterocycles. The molecule has 0 radical (unpaired) electrons. The van der Waals surface area contributed by atoms with Crippen molar-refractivity contribution in [1.82, 2.24) is 5.32 Å². The molecule has 1 heterocycles. The first-order valence-corrected chi connectivity index (χ1v) is 2.80.